The number of methoxy groups -OCH3 is 2. The second kappa shape index (κ2) is 23.3. The van der Waals surface area contributed by atoms with Crippen LogP contribution in [0.3, 0.4) is 0 Å². The number of aromatic nitrogens is 2. The average Bonchev–Trinajstić information content (AvgIpc) is 4.41. The summed E-state index contributed by atoms with van der Waals surface area (Å²) in [6.45, 7) is 18.6. The highest BCUT2D eigenvalue weighted by molar-refractivity contribution is 7.12. The number of aryl methyl sites for hydroxylation is 3. The molecule has 0 saturated carbocycles. The van der Waals surface area contributed by atoms with Crippen LogP contribution in [0.4, 0.5) is 0 Å². The summed E-state index contributed by atoms with van der Waals surface area (Å²) in [6.07, 6.45) is 14.9. The van der Waals surface area contributed by atoms with Crippen LogP contribution in [0.15, 0.2) is 92.0 Å². The van der Waals surface area contributed by atoms with E-state index in [1.807, 2.05) is 0 Å². The molecule has 12 heteroatoms. The third-order valence-corrected chi connectivity index (χ3v) is 19.2. The molecule has 0 spiro atoms. The number of benzene rings is 2. The molecule has 3 aromatic heterocycles. The predicted octanol–water partition coefficient (Wildman–Crippen LogP) is 14.7. The molecule has 1 saturated heterocycles. The number of carbonyl (C=O) groups is 3. The Hall–Kier alpha value is -5.56. The fourth-order valence-electron chi connectivity index (χ4n) is 13.0. The van der Waals surface area contributed by atoms with Gasteiger partial charge in [-0.15, -0.1) is 11.3 Å². The average molecular weight is 1090 g/mol. The molecule has 0 radical (unpaired) electrons. The Balaban J connectivity index is 0.782. The van der Waals surface area contributed by atoms with Crippen LogP contribution in [-0.4, -0.2) is 71.8 Å². The van der Waals surface area contributed by atoms with E-state index in [1.165, 1.54) is 16.7 Å². The number of aliphatic imine (C=N–C) groups is 2. The number of ketones is 3. The van der Waals surface area contributed by atoms with Crippen molar-refractivity contribution in [3.63, 3.8) is 0 Å². The first-order valence-corrected chi connectivity index (χ1v) is 30.6. The lowest BCUT2D eigenvalue weighted by Crippen LogP contribution is -2.30. The molecule has 0 amide bonds. The van der Waals surface area contributed by atoms with Crippen molar-refractivity contribution in [2.45, 2.75) is 151 Å². The standard InChI is InChI=1S/C66H80N4O6S2/c1-39-16-20-52(67-42(39)4)51-34-54-44(33-57(51)75-10)19-21-53-61(69-64(70(53)54)48-24-28-77-37-48)62(72)41(3)35-65(5,6)25-22-40(2)55(71)14-11-13-45-29-49-31-50-30-46(18-17-43(49)32-56(45)74-9)60(68-59(50)58-15-12-27-78-58)63(73)47-23-26-76-38-66(7,8)36-47/h12,15-16,20,24,27-29,32-34,37,39-42,47,50H,11,13-14,17-19,21-23,25-26,30-31,35-36,38H2,1-10H3/t39?,40?,41?,42-,47?,50?/m0/s1. The molecule has 1 fully saturated rings. The van der Waals surface area contributed by atoms with Crippen LogP contribution in [0.25, 0.3) is 17.1 Å². The van der Waals surface area contributed by atoms with Gasteiger partial charge in [0, 0.05) is 58.1 Å². The van der Waals surface area contributed by atoms with E-state index in [1.54, 1.807) is 36.9 Å². The summed E-state index contributed by atoms with van der Waals surface area (Å²) in [5, 5.41) is 6.27. The number of thiophene rings is 2. The van der Waals surface area contributed by atoms with Crippen molar-refractivity contribution < 1.29 is 28.6 Å². The molecule has 5 aliphatic rings. The lowest BCUT2D eigenvalue weighted by atomic mass is 9.76. The maximum atomic E-state index is 14.7. The van der Waals surface area contributed by atoms with Gasteiger partial charge in [-0.2, -0.15) is 11.3 Å². The Morgan fingerprint density at radius 3 is 2.47 bits per heavy atom. The Bertz CT molecular complexity index is 3190. The van der Waals surface area contributed by atoms with E-state index in [-0.39, 0.29) is 57.9 Å². The minimum atomic E-state index is -0.258. The minimum absolute atomic E-state index is 0.0565. The van der Waals surface area contributed by atoms with Crippen molar-refractivity contribution in [1.29, 1.82) is 0 Å². The summed E-state index contributed by atoms with van der Waals surface area (Å²) in [4.78, 5) is 59.8. The number of Topliss-reactive ketones (excluding diaryl/α,β-unsaturated/α-hetero) is 3. The number of dihydropyridines is 1. The molecule has 10 rings (SSSR count). The van der Waals surface area contributed by atoms with Gasteiger partial charge in [-0.05, 0) is 182 Å². The summed E-state index contributed by atoms with van der Waals surface area (Å²) in [5.74, 6) is 3.09. The molecule has 78 heavy (non-hydrogen) atoms. The second-order valence-corrected chi connectivity index (χ2v) is 26.6. The largest absolute Gasteiger partial charge is 0.496 e. The zero-order chi connectivity index (χ0) is 55.0. The van der Waals surface area contributed by atoms with Crippen molar-refractivity contribution in [3.8, 4) is 28.6 Å². The summed E-state index contributed by atoms with van der Waals surface area (Å²) in [5.41, 5.74) is 13.0. The zero-order valence-electron chi connectivity index (χ0n) is 47.8. The van der Waals surface area contributed by atoms with E-state index in [4.69, 9.17) is 29.2 Å². The molecule has 6 atom stereocenters. The lowest BCUT2D eigenvalue weighted by molar-refractivity contribution is -0.123. The Labute approximate surface area is 470 Å². The number of allylic oxidation sites excluding steroid dienone is 3. The van der Waals surface area contributed by atoms with E-state index in [2.05, 4.69) is 131 Å². The van der Waals surface area contributed by atoms with Gasteiger partial charge < -0.3 is 14.2 Å². The monoisotopic (exact) mass is 1090 g/mol. The van der Waals surface area contributed by atoms with Gasteiger partial charge in [-0.25, -0.2) is 9.98 Å². The van der Waals surface area contributed by atoms with E-state index in [9.17, 15) is 14.4 Å². The van der Waals surface area contributed by atoms with Crippen LogP contribution in [0.2, 0.25) is 0 Å². The first-order valence-electron chi connectivity index (χ1n) is 28.7. The topological polar surface area (TPSA) is 121 Å². The number of ether oxygens (including phenoxy) is 3. The van der Waals surface area contributed by atoms with Crippen LogP contribution >= 0.6 is 22.7 Å². The minimum Gasteiger partial charge on any atom is -0.496 e. The van der Waals surface area contributed by atoms with Crippen LogP contribution < -0.4 is 9.47 Å². The van der Waals surface area contributed by atoms with Crippen molar-refractivity contribution >= 4 is 51.4 Å². The van der Waals surface area contributed by atoms with Crippen LogP contribution in [-0.2, 0) is 46.4 Å². The summed E-state index contributed by atoms with van der Waals surface area (Å²) in [6, 6.07) is 15.4. The molecular weight excluding hydrogens is 1010 g/mol. The molecular formula is C66H80N4O6S2. The van der Waals surface area contributed by atoms with Gasteiger partial charge in [0.1, 0.15) is 34.5 Å². The SMILES string of the molecule is COc1cc2c(cc1CCCC(=O)C(C)CCC(C)(C)CC(C)C(=O)c1nc(-c3ccsc3)n3c1CCc1cc(OC)c(C4=N[C@@H](C)C(C)C=C4)cc1-3)CC1CC(=C(C(=O)C3CCOCC(C)(C)C3)N=C1c1cccs1)CC2. The third-order valence-electron chi connectivity index (χ3n) is 17.7. The number of imidazole rings is 1. The van der Waals surface area contributed by atoms with Crippen molar-refractivity contribution in [1.82, 2.24) is 9.55 Å². The van der Waals surface area contributed by atoms with Gasteiger partial charge in [0.2, 0.25) is 0 Å². The fraction of sp³-hybridized carbons (Fsp3) is 0.515. The van der Waals surface area contributed by atoms with Gasteiger partial charge >= 0.3 is 0 Å². The highest BCUT2D eigenvalue weighted by atomic mass is 32.1. The van der Waals surface area contributed by atoms with Crippen molar-refractivity contribution in [3.05, 3.63) is 126 Å². The Morgan fingerprint density at radius 2 is 1.73 bits per heavy atom. The molecule has 412 valence electrons. The highest BCUT2D eigenvalue weighted by Gasteiger charge is 2.38. The Kier molecular flexibility index (Phi) is 16.6. The van der Waals surface area contributed by atoms with Gasteiger partial charge in [-0.3, -0.25) is 23.9 Å². The molecule has 5 unspecified atom stereocenters. The molecule has 1 aliphatic carbocycles. The van der Waals surface area contributed by atoms with Gasteiger partial charge in [-0.1, -0.05) is 66.7 Å². The zero-order valence-corrected chi connectivity index (χ0v) is 49.4. The van der Waals surface area contributed by atoms with Crippen LogP contribution in [0.5, 0.6) is 11.5 Å². The molecule has 2 bridgehead atoms. The first-order chi connectivity index (χ1) is 37.4. The molecule has 2 aromatic carbocycles. The summed E-state index contributed by atoms with van der Waals surface area (Å²) < 4.78 is 20.2. The van der Waals surface area contributed by atoms with Gasteiger partial charge in [0.05, 0.1) is 49.7 Å². The second-order valence-electron chi connectivity index (χ2n) is 24.9. The van der Waals surface area contributed by atoms with E-state index >= 15 is 0 Å². The predicted molar refractivity (Wildman–Crippen MR) is 317 cm³/mol. The quantitative estimate of drug-likeness (QED) is 0.0755. The molecule has 0 N–H and O–H groups in total. The smallest absolute Gasteiger partial charge is 0.185 e. The van der Waals surface area contributed by atoms with Crippen LogP contribution in [0, 0.1) is 40.4 Å². The maximum absolute atomic E-state index is 14.7. The Morgan fingerprint density at radius 1 is 0.936 bits per heavy atom. The molecule has 10 nitrogen and oxygen atoms in total. The number of hydrogen-bond acceptors (Lipinski definition) is 11. The number of carbonyl (C=O) groups excluding carboxylic acids is 3. The number of hydrogen-bond donors (Lipinski definition) is 0. The van der Waals surface area contributed by atoms with E-state index < -0.39 is 0 Å². The summed E-state index contributed by atoms with van der Waals surface area (Å²) in [7, 11) is 3.47. The molecule has 7 heterocycles. The van der Waals surface area contributed by atoms with Gasteiger partial charge in [0.25, 0.3) is 0 Å². The highest BCUT2D eigenvalue weighted by Crippen LogP contribution is 2.43. The normalized spacial score (nSPS) is 21.7. The molecule has 4 aliphatic heterocycles. The van der Waals surface area contributed by atoms with E-state index in [0.717, 1.165) is 138 Å². The van der Waals surface area contributed by atoms with Gasteiger partial charge in [0.15, 0.2) is 11.6 Å². The van der Waals surface area contributed by atoms with Crippen molar-refractivity contribution in [2.75, 3.05) is 27.4 Å². The maximum Gasteiger partial charge on any atom is 0.185 e. The number of nitrogens with zero attached hydrogens (tertiary/aromatic N) is 4. The third kappa shape index (κ3) is 11.8. The first kappa shape index (κ1) is 55.7. The molecule has 5 aromatic rings. The number of rotatable bonds is 19. The lowest BCUT2D eigenvalue weighted by Gasteiger charge is -2.32. The number of fused-ring (bicyclic) bond motifs is 6. The van der Waals surface area contributed by atoms with E-state index in [0.29, 0.717) is 49.8 Å². The fourth-order valence-corrected chi connectivity index (χ4v) is 14.4. The van der Waals surface area contributed by atoms with Crippen LogP contribution in [0.1, 0.15) is 162 Å². The van der Waals surface area contributed by atoms with Crippen molar-refractivity contribution in [2.24, 2.45) is 50.4 Å². The summed E-state index contributed by atoms with van der Waals surface area (Å²) >= 11 is 3.33.